The van der Waals surface area contributed by atoms with E-state index in [0.717, 1.165) is 38.4 Å². The lowest BCUT2D eigenvalue weighted by Gasteiger charge is -2.35. The van der Waals surface area contributed by atoms with Crippen LogP contribution in [-0.4, -0.2) is 60.7 Å². The van der Waals surface area contributed by atoms with Crippen molar-refractivity contribution in [3.8, 4) is 0 Å². The first-order chi connectivity index (χ1) is 12.6. The number of anilines is 4. The van der Waals surface area contributed by atoms with E-state index in [0.29, 0.717) is 11.6 Å². The third-order valence-corrected chi connectivity index (χ3v) is 4.65. The molecule has 1 saturated heterocycles. The van der Waals surface area contributed by atoms with Gasteiger partial charge in [0.1, 0.15) is 18.0 Å². The number of hydrogen-bond donors (Lipinski definition) is 2. The van der Waals surface area contributed by atoms with E-state index in [-0.39, 0.29) is 0 Å². The number of rotatable bonds is 5. The average Bonchev–Trinajstić information content (AvgIpc) is 2.68. The second kappa shape index (κ2) is 8.01. The normalized spacial score (nSPS) is 14.9. The fourth-order valence-electron chi connectivity index (χ4n) is 2.94. The van der Waals surface area contributed by atoms with Crippen LogP contribution in [0.1, 0.15) is 6.92 Å². The highest BCUT2D eigenvalue weighted by atomic mass is 16.2. The summed E-state index contributed by atoms with van der Waals surface area (Å²) >= 11 is 0. The van der Waals surface area contributed by atoms with E-state index >= 15 is 0 Å². The molecule has 1 aromatic heterocycles. The molecule has 3 N–H and O–H groups in total. The molecule has 0 aliphatic carbocycles. The van der Waals surface area contributed by atoms with Crippen LogP contribution < -0.4 is 20.9 Å². The lowest BCUT2D eigenvalue weighted by molar-refractivity contribution is 0.255. The Balaban J connectivity index is 1.65. The maximum atomic E-state index is 11.3. The number of aromatic nitrogens is 2. The summed E-state index contributed by atoms with van der Waals surface area (Å²) in [5, 5.41) is 3.23. The molecule has 2 heterocycles. The summed E-state index contributed by atoms with van der Waals surface area (Å²) in [7, 11) is 1.57. The topological polar surface area (TPSA) is 90.6 Å². The summed E-state index contributed by atoms with van der Waals surface area (Å²) in [4.78, 5) is 25.6. The van der Waals surface area contributed by atoms with E-state index in [9.17, 15) is 4.79 Å². The highest BCUT2D eigenvalue weighted by Gasteiger charge is 2.15. The maximum Gasteiger partial charge on any atom is 0.320 e. The van der Waals surface area contributed by atoms with E-state index in [2.05, 4.69) is 44.1 Å². The van der Waals surface area contributed by atoms with Crippen molar-refractivity contribution in [3.63, 3.8) is 0 Å². The number of carbonyl (C=O) groups is 1. The number of nitrogens with zero attached hydrogens (tertiary/aromatic N) is 5. The van der Waals surface area contributed by atoms with Crippen LogP contribution in [0.2, 0.25) is 0 Å². The molecular formula is C18H25N7O. The molecule has 1 aromatic carbocycles. The fourth-order valence-corrected chi connectivity index (χ4v) is 2.94. The van der Waals surface area contributed by atoms with E-state index in [1.54, 1.807) is 13.1 Å². The number of primary amides is 1. The Morgan fingerprint density at radius 2 is 1.88 bits per heavy atom. The number of carbonyl (C=O) groups excluding carboxylic acids is 1. The molecule has 26 heavy (non-hydrogen) atoms. The van der Waals surface area contributed by atoms with Crippen molar-refractivity contribution in [1.82, 2.24) is 14.9 Å². The fraction of sp³-hybridized carbons (Fsp3) is 0.389. The molecule has 8 heteroatoms. The minimum atomic E-state index is -0.567. The van der Waals surface area contributed by atoms with Gasteiger partial charge >= 0.3 is 6.03 Å². The quantitative estimate of drug-likeness (QED) is 0.851. The van der Waals surface area contributed by atoms with E-state index in [4.69, 9.17) is 5.73 Å². The summed E-state index contributed by atoms with van der Waals surface area (Å²) in [6.07, 6.45) is 1.40. The van der Waals surface area contributed by atoms with E-state index < -0.39 is 6.03 Å². The summed E-state index contributed by atoms with van der Waals surface area (Å²) in [5.41, 5.74) is 7.42. The lowest BCUT2D eigenvalue weighted by atomic mass is 10.2. The standard InChI is InChI=1S/C18H25N7O/c1-3-24-8-10-25(11-9-24)15-6-4-14(5-7-15)22-16-12-17(21-13-20-16)23(2)18(19)26/h4-7,12-13H,3,8-11H2,1-2H3,(H2,19,26)(H,20,21,22). The molecule has 3 rings (SSSR count). The van der Waals surface area contributed by atoms with Gasteiger partial charge < -0.3 is 20.9 Å². The molecule has 138 valence electrons. The predicted octanol–water partition coefficient (Wildman–Crippen LogP) is 1.88. The van der Waals surface area contributed by atoms with Crippen LogP contribution in [-0.2, 0) is 0 Å². The van der Waals surface area contributed by atoms with Gasteiger partial charge in [-0.15, -0.1) is 0 Å². The second-order valence-electron chi connectivity index (χ2n) is 6.25. The van der Waals surface area contributed by atoms with E-state index in [1.807, 2.05) is 12.1 Å². The first-order valence-corrected chi connectivity index (χ1v) is 8.76. The summed E-state index contributed by atoms with van der Waals surface area (Å²) in [6, 6.07) is 9.40. The number of likely N-dealkylation sites (N-methyl/N-ethyl adjacent to an activating group) is 1. The number of nitrogens with one attached hydrogen (secondary N) is 1. The Hall–Kier alpha value is -2.87. The monoisotopic (exact) mass is 355 g/mol. The van der Waals surface area contributed by atoms with E-state index in [1.165, 1.54) is 16.9 Å². The number of benzene rings is 1. The number of urea groups is 1. The van der Waals surface area contributed by atoms with Crippen LogP contribution >= 0.6 is 0 Å². The van der Waals surface area contributed by atoms with Gasteiger partial charge in [0.05, 0.1) is 0 Å². The molecule has 0 unspecified atom stereocenters. The Morgan fingerprint density at radius 3 is 2.50 bits per heavy atom. The maximum absolute atomic E-state index is 11.3. The zero-order chi connectivity index (χ0) is 18.5. The van der Waals surface area contributed by atoms with Gasteiger partial charge in [-0.2, -0.15) is 0 Å². The van der Waals surface area contributed by atoms with Crippen LogP contribution in [0.4, 0.5) is 27.8 Å². The molecule has 0 atom stereocenters. The highest BCUT2D eigenvalue weighted by molar-refractivity contribution is 5.89. The second-order valence-corrected chi connectivity index (χ2v) is 6.25. The van der Waals surface area contributed by atoms with Gasteiger partial charge in [-0.1, -0.05) is 6.92 Å². The summed E-state index contributed by atoms with van der Waals surface area (Å²) in [5.74, 6) is 1.05. The largest absolute Gasteiger partial charge is 0.369 e. The van der Waals surface area contributed by atoms with Crippen LogP contribution in [0.15, 0.2) is 36.7 Å². The Kier molecular flexibility index (Phi) is 5.52. The predicted molar refractivity (Wildman–Crippen MR) is 104 cm³/mol. The Bertz CT molecular complexity index is 741. The molecular weight excluding hydrogens is 330 g/mol. The first-order valence-electron chi connectivity index (χ1n) is 8.76. The van der Waals surface area contributed by atoms with Crippen molar-refractivity contribution >= 4 is 29.0 Å². The molecule has 2 amide bonds. The van der Waals surface area contributed by atoms with Crippen LogP contribution in [0.5, 0.6) is 0 Å². The van der Waals surface area contributed by atoms with Crippen LogP contribution in [0.3, 0.4) is 0 Å². The summed E-state index contributed by atoms with van der Waals surface area (Å²) in [6.45, 7) is 7.63. The Labute approximate surface area is 153 Å². The number of hydrogen-bond acceptors (Lipinski definition) is 6. The van der Waals surface area contributed by atoms with Gasteiger partial charge in [0.25, 0.3) is 0 Å². The van der Waals surface area contributed by atoms with Crippen molar-refractivity contribution in [3.05, 3.63) is 36.7 Å². The highest BCUT2D eigenvalue weighted by Crippen LogP contribution is 2.22. The van der Waals surface area contributed by atoms with Crippen molar-refractivity contribution in [1.29, 1.82) is 0 Å². The molecule has 0 saturated carbocycles. The number of nitrogens with two attached hydrogens (primary N) is 1. The summed E-state index contributed by atoms with van der Waals surface area (Å²) < 4.78 is 0. The van der Waals surface area contributed by atoms with Crippen LogP contribution in [0.25, 0.3) is 0 Å². The first kappa shape index (κ1) is 17.9. The lowest BCUT2D eigenvalue weighted by Crippen LogP contribution is -2.46. The van der Waals surface area contributed by atoms with Gasteiger partial charge in [-0.3, -0.25) is 4.90 Å². The third-order valence-electron chi connectivity index (χ3n) is 4.65. The zero-order valence-corrected chi connectivity index (χ0v) is 15.2. The molecule has 0 spiro atoms. The average molecular weight is 355 g/mol. The van der Waals surface area contributed by atoms with Crippen molar-refractivity contribution in [2.24, 2.45) is 5.73 Å². The molecule has 1 fully saturated rings. The van der Waals surface area contributed by atoms with Crippen molar-refractivity contribution < 1.29 is 4.79 Å². The van der Waals surface area contributed by atoms with Gasteiger partial charge in [0.15, 0.2) is 0 Å². The molecule has 1 aliphatic rings. The van der Waals surface area contributed by atoms with Gasteiger partial charge in [-0.05, 0) is 30.8 Å². The molecule has 0 bridgehead atoms. The van der Waals surface area contributed by atoms with Crippen molar-refractivity contribution in [2.75, 3.05) is 54.9 Å². The molecule has 2 aromatic rings. The molecule has 1 aliphatic heterocycles. The van der Waals surface area contributed by atoms with Crippen LogP contribution in [0, 0.1) is 0 Å². The van der Waals surface area contributed by atoms with Gasteiger partial charge in [0.2, 0.25) is 0 Å². The third kappa shape index (κ3) is 4.20. The van der Waals surface area contributed by atoms with Gasteiger partial charge in [0, 0.05) is 50.7 Å². The number of amides is 2. The SMILES string of the molecule is CCN1CCN(c2ccc(Nc3cc(N(C)C(N)=O)ncn3)cc2)CC1. The number of piperazine rings is 1. The Morgan fingerprint density at radius 1 is 1.19 bits per heavy atom. The molecule has 0 radical (unpaired) electrons. The zero-order valence-electron chi connectivity index (χ0n) is 15.2. The smallest absolute Gasteiger partial charge is 0.320 e. The molecule has 8 nitrogen and oxygen atoms in total. The minimum absolute atomic E-state index is 0.445. The van der Waals surface area contributed by atoms with Gasteiger partial charge in [-0.25, -0.2) is 14.8 Å². The van der Waals surface area contributed by atoms with Crippen molar-refractivity contribution in [2.45, 2.75) is 6.92 Å². The minimum Gasteiger partial charge on any atom is -0.369 e.